The number of hydrogen-bond donors (Lipinski definition) is 1. The summed E-state index contributed by atoms with van der Waals surface area (Å²) >= 11 is 2.06. The third-order valence-electron chi connectivity index (χ3n) is 3.91. The first-order valence-electron chi connectivity index (χ1n) is 7.48. The van der Waals surface area contributed by atoms with Crippen LogP contribution >= 0.6 is 11.8 Å². The molecule has 0 bridgehead atoms. The van der Waals surface area contributed by atoms with Crippen molar-refractivity contribution in [2.45, 2.75) is 26.3 Å². The van der Waals surface area contributed by atoms with Gasteiger partial charge in [0, 0.05) is 11.8 Å². The van der Waals surface area contributed by atoms with E-state index in [-0.39, 0.29) is 0 Å². The van der Waals surface area contributed by atoms with Gasteiger partial charge in [-0.1, -0.05) is 56.7 Å². The van der Waals surface area contributed by atoms with Crippen LogP contribution in [0.2, 0.25) is 0 Å². The minimum atomic E-state index is 0.439. The zero-order chi connectivity index (χ0) is 14.4. The van der Waals surface area contributed by atoms with Crippen LogP contribution in [0.25, 0.3) is 10.8 Å². The first-order valence-corrected chi connectivity index (χ1v) is 8.63. The van der Waals surface area contributed by atoms with Crippen LogP contribution in [0.1, 0.15) is 31.9 Å². The lowest BCUT2D eigenvalue weighted by Gasteiger charge is -2.18. The average Bonchev–Trinajstić information content (AvgIpc) is 2.51. The third kappa shape index (κ3) is 4.00. The maximum atomic E-state index is 3.45. The van der Waals surface area contributed by atoms with Crippen LogP contribution in [0.4, 0.5) is 0 Å². The molecule has 1 nitrogen and oxygen atoms in total. The predicted molar refractivity (Wildman–Crippen MR) is 92.5 cm³/mol. The van der Waals surface area contributed by atoms with Gasteiger partial charge < -0.3 is 5.32 Å². The summed E-state index contributed by atoms with van der Waals surface area (Å²) in [5, 5.41) is 6.10. The fourth-order valence-corrected chi connectivity index (χ4v) is 3.64. The van der Waals surface area contributed by atoms with E-state index in [4.69, 9.17) is 0 Å². The molecule has 0 fully saturated rings. The molecular formula is C18H25NS. The fourth-order valence-electron chi connectivity index (χ4n) is 2.28. The predicted octanol–water partition coefficient (Wildman–Crippen LogP) is 4.88. The summed E-state index contributed by atoms with van der Waals surface area (Å²) in [7, 11) is 2.06. The lowest BCUT2D eigenvalue weighted by molar-refractivity contribution is 0.630. The van der Waals surface area contributed by atoms with E-state index in [0.29, 0.717) is 6.04 Å². The average molecular weight is 287 g/mol. The van der Waals surface area contributed by atoms with E-state index < -0.39 is 0 Å². The van der Waals surface area contributed by atoms with Crippen molar-refractivity contribution in [2.75, 3.05) is 18.6 Å². The SMILES string of the molecule is CCC(C)CSCC(NC)c1ccc2ccccc2c1. The Bertz CT molecular complexity index is 538. The number of thioether (sulfide) groups is 1. The molecule has 2 heteroatoms. The van der Waals surface area contributed by atoms with Crippen LogP contribution in [0.5, 0.6) is 0 Å². The Balaban J connectivity index is 2.05. The number of hydrogen-bond acceptors (Lipinski definition) is 2. The number of rotatable bonds is 7. The van der Waals surface area contributed by atoms with Gasteiger partial charge in [-0.05, 0) is 41.1 Å². The molecule has 2 unspecified atom stereocenters. The summed E-state index contributed by atoms with van der Waals surface area (Å²) < 4.78 is 0. The molecule has 1 N–H and O–H groups in total. The number of fused-ring (bicyclic) bond motifs is 1. The van der Waals surface area contributed by atoms with Crippen molar-refractivity contribution >= 4 is 22.5 Å². The molecule has 20 heavy (non-hydrogen) atoms. The van der Waals surface area contributed by atoms with Crippen LogP contribution in [0.15, 0.2) is 42.5 Å². The van der Waals surface area contributed by atoms with Gasteiger partial charge >= 0.3 is 0 Å². The Morgan fingerprint density at radius 1 is 1.05 bits per heavy atom. The smallest absolute Gasteiger partial charge is 0.0409 e. The van der Waals surface area contributed by atoms with E-state index >= 15 is 0 Å². The Kier molecular flexibility index (Phi) is 5.93. The van der Waals surface area contributed by atoms with E-state index in [1.165, 1.54) is 28.5 Å². The monoisotopic (exact) mass is 287 g/mol. The van der Waals surface area contributed by atoms with Gasteiger partial charge in [0.2, 0.25) is 0 Å². The van der Waals surface area contributed by atoms with E-state index in [9.17, 15) is 0 Å². The van der Waals surface area contributed by atoms with E-state index in [1.54, 1.807) is 0 Å². The van der Waals surface area contributed by atoms with Gasteiger partial charge in [0.1, 0.15) is 0 Å². The summed E-state index contributed by atoms with van der Waals surface area (Å²) in [4.78, 5) is 0. The van der Waals surface area contributed by atoms with Crippen molar-refractivity contribution in [3.63, 3.8) is 0 Å². The van der Waals surface area contributed by atoms with Gasteiger partial charge in [0.05, 0.1) is 0 Å². The molecule has 108 valence electrons. The molecule has 0 aliphatic heterocycles. The number of nitrogens with one attached hydrogen (secondary N) is 1. The maximum Gasteiger partial charge on any atom is 0.0409 e. The molecule has 0 aliphatic carbocycles. The quantitative estimate of drug-likeness (QED) is 0.779. The van der Waals surface area contributed by atoms with E-state index in [1.807, 2.05) is 0 Å². The second-order valence-electron chi connectivity index (χ2n) is 5.50. The van der Waals surface area contributed by atoms with E-state index in [0.717, 1.165) is 11.7 Å². The van der Waals surface area contributed by atoms with Crippen molar-refractivity contribution < 1.29 is 0 Å². The summed E-state index contributed by atoms with van der Waals surface area (Å²) in [6.45, 7) is 4.60. The van der Waals surface area contributed by atoms with Gasteiger partial charge in [-0.15, -0.1) is 0 Å². The van der Waals surface area contributed by atoms with Crippen LogP contribution in [-0.4, -0.2) is 18.6 Å². The fraction of sp³-hybridized carbons (Fsp3) is 0.444. The lowest BCUT2D eigenvalue weighted by atomic mass is 10.0. The highest BCUT2D eigenvalue weighted by atomic mass is 32.2. The molecule has 0 heterocycles. The molecule has 2 atom stereocenters. The Morgan fingerprint density at radius 2 is 1.80 bits per heavy atom. The molecule has 0 radical (unpaired) electrons. The second-order valence-corrected chi connectivity index (χ2v) is 6.57. The largest absolute Gasteiger partial charge is 0.312 e. The van der Waals surface area contributed by atoms with Gasteiger partial charge in [-0.2, -0.15) is 11.8 Å². The van der Waals surface area contributed by atoms with Crippen LogP contribution in [0.3, 0.4) is 0 Å². The van der Waals surface area contributed by atoms with Crippen LogP contribution < -0.4 is 5.32 Å². The first-order chi connectivity index (χ1) is 9.74. The van der Waals surface area contributed by atoms with Gasteiger partial charge in [0.25, 0.3) is 0 Å². The topological polar surface area (TPSA) is 12.0 Å². The van der Waals surface area contributed by atoms with Crippen molar-refractivity contribution in [2.24, 2.45) is 5.92 Å². The van der Waals surface area contributed by atoms with E-state index in [2.05, 4.69) is 80.4 Å². The van der Waals surface area contributed by atoms with Crippen molar-refractivity contribution in [3.05, 3.63) is 48.0 Å². The molecule has 2 aromatic rings. The molecule has 0 amide bonds. The highest BCUT2D eigenvalue weighted by molar-refractivity contribution is 7.99. The van der Waals surface area contributed by atoms with Gasteiger partial charge in [-0.3, -0.25) is 0 Å². The molecule has 0 spiro atoms. The molecule has 0 saturated carbocycles. The van der Waals surface area contributed by atoms with Crippen LogP contribution in [0, 0.1) is 5.92 Å². The summed E-state index contributed by atoms with van der Waals surface area (Å²) in [6, 6.07) is 15.8. The Labute approximate surface area is 127 Å². The zero-order valence-electron chi connectivity index (χ0n) is 12.7. The highest BCUT2D eigenvalue weighted by Crippen LogP contribution is 2.24. The Hall–Kier alpha value is -0.990. The summed E-state index contributed by atoms with van der Waals surface area (Å²) in [5.74, 6) is 3.20. The standard InChI is InChI=1S/C18H25NS/c1-4-14(2)12-20-13-18(19-3)17-10-9-15-7-5-6-8-16(15)11-17/h5-11,14,18-19H,4,12-13H2,1-3H3. The lowest BCUT2D eigenvalue weighted by Crippen LogP contribution is -2.19. The third-order valence-corrected chi connectivity index (χ3v) is 5.28. The minimum absolute atomic E-state index is 0.439. The Morgan fingerprint density at radius 3 is 2.50 bits per heavy atom. The minimum Gasteiger partial charge on any atom is -0.312 e. The van der Waals surface area contributed by atoms with Crippen molar-refractivity contribution in [1.82, 2.24) is 5.32 Å². The summed E-state index contributed by atoms with van der Waals surface area (Å²) in [5.41, 5.74) is 1.39. The molecule has 0 aliphatic rings. The molecular weight excluding hydrogens is 262 g/mol. The molecule has 2 aromatic carbocycles. The van der Waals surface area contributed by atoms with Gasteiger partial charge in [0.15, 0.2) is 0 Å². The van der Waals surface area contributed by atoms with Crippen molar-refractivity contribution in [3.8, 4) is 0 Å². The first kappa shape index (κ1) is 15.4. The summed E-state index contributed by atoms with van der Waals surface area (Å²) in [6.07, 6.45) is 1.27. The molecule has 0 aromatic heterocycles. The van der Waals surface area contributed by atoms with Crippen LogP contribution in [-0.2, 0) is 0 Å². The van der Waals surface area contributed by atoms with Crippen molar-refractivity contribution in [1.29, 1.82) is 0 Å². The highest BCUT2D eigenvalue weighted by Gasteiger charge is 2.10. The van der Waals surface area contributed by atoms with Gasteiger partial charge in [-0.25, -0.2) is 0 Å². The number of benzene rings is 2. The zero-order valence-corrected chi connectivity index (χ0v) is 13.5. The molecule has 0 saturated heterocycles. The molecule has 2 rings (SSSR count). The normalized spacial score (nSPS) is 14.3. The second kappa shape index (κ2) is 7.70. The maximum absolute atomic E-state index is 3.45.